The second kappa shape index (κ2) is 8.55. The molecule has 4 nitrogen and oxygen atoms in total. The van der Waals surface area contributed by atoms with Gasteiger partial charge in [-0.25, -0.2) is 0 Å². The SMILES string of the molecule is C[C@@H]1CCCC[C@H]1NC(=O)COC(=O)Cc1ccc(Cl)c(Cl)c1. The molecule has 0 unspecified atom stereocenters. The number of hydrogen-bond donors (Lipinski definition) is 1. The van der Waals surface area contributed by atoms with Crippen molar-refractivity contribution in [3.63, 3.8) is 0 Å². The molecule has 2 rings (SSSR count). The maximum atomic E-state index is 11.9. The van der Waals surface area contributed by atoms with Gasteiger partial charge in [-0.15, -0.1) is 0 Å². The predicted octanol–water partition coefficient (Wildman–Crippen LogP) is 3.77. The molecule has 0 aromatic heterocycles. The Kier molecular flexibility index (Phi) is 6.72. The van der Waals surface area contributed by atoms with Gasteiger partial charge < -0.3 is 10.1 Å². The fourth-order valence-electron chi connectivity index (χ4n) is 2.79. The van der Waals surface area contributed by atoms with Crippen LogP contribution in [0.2, 0.25) is 10.0 Å². The Morgan fingerprint density at radius 2 is 1.96 bits per heavy atom. The van der Waals surface area contributed by atoms with E-state index in [2.05, 4.69) is 12.2 Å². The van der Waals surface area contributed by atoms with E-state index in [0.717, 1.165) is 19.3 Å². The zero-order valence-electron chi connectivity index (χ0n) is 13.1. The van der Waals surface area contributed by atoms with Crippen molar-refractivity contribution in [1.82, 2.24) is 5.32 Å². The summed E-state index contributed by atoms with van der Waals surface area (Å²) in [5.74, 6) is -0.235. The number of carbonyl (C=O) groups is 2. The zero-order valence-corrected chi connectivity index (χ0v) is 14.6. The van der Waals surface area contributed by atoms with Crippen molar-refractivity contribution in [2.45, 2.75) is 45.1 Å². The molecule has 0 heterocycles. The molecule has 1 aromatic rings. The summed E-state index contributed by atoms with van der Waals surface area (Å²) in [6, 6.07) is 5.14. The molecule has 126 valence electrons. The topological polar surface area (TPSA) is 55.4 Å². The molecule has 1 aliphatic rings. The van der Waals surface area contributed by atoms with Crippen LogP contribution in [0.15, 0.2) is 18.2 Å². The maximum Gasteiger partial charge on any atom is 0.310 e. The standard InChI is InChI=1S/C17H21Cl2NO3/c1-11-4-2-3-5-15(11)20-16(21)10-23-17(22)9-12-6-7-13(18)14(19)8-12/h6-8,11,15H,2-5,9-10H2,1H3,(H,20,21)/t11-,15-/m1/s1. The van der Waals surface area contributed by atoms with Crippen molar-refractivity contribution in [2.24, 2.45) is 5.92 Å². The molecule has 1 fully saturated rings. The lowest BCUT2D eigenvalue weighted by atomic mass is 9.86. The first-order chi connectivity index (χ1) is 11.0. The highest BCUT2D eigenvalue weighted by atomic mass is 35.5. The van der Waals surface area contributed by atoms with E-state index in [1.807, 2.05) is 0 Å². The van der Waals surface area contributed by atoms with E-state index in [1.165, 1.54) is 6.42 Å². The van der Waals surface area contributed by atoms with Crippen LogP contribution in [0, 0.1) is 5.92 Å². The summed E-state index contributed by atoms with van der Waals surface area (Å²) < 4.78 is 5.03. The minimum atomic E-state index is -0.463. The fraction of sp³-hybridized carbons (Fsp3) is 0.529. The molecule has 1 aliphatic carbocycles. The van der Waals surface area contributed by atoms with Crippen LogP contribution in [-0.2, 0) is 20.7 Å². The number of esters is 1. The lowest BCUT2D eigenvalue weighted by Crippen LogP contribution is -2.42. The summed E-state index contributed by atoms with van der Waals surface area (Å²) in [7, 11) is 0. The molecular weight excluding hydrogens is 337 g/mol. The Hall–Kier alpha value is -1.26. The van der Waals surface area contributed by atoms with E-state index in [1.54, 1.807) is 18.2 Å². The first kappa shape index (κ1) is 18.1. The van der Waals surface area contributed by atoms with Crippen molar-refractivity contribution < 1.29 is 14.3 Å². The third-order valence-corrected chi connectivity index (χ3v) is 4.89. The van der Waals surface area contributed by atoms with E-state index in [0.29, 0.717) is 21.5 Å². The zero-order chi connectivity index (χ0) is 16.8. The number of benzene rings is 1. The Morgan fingerprint density at radius 1 is 1.22 bits per heavy atom. The van der Waals surface area contributed by atoms with Gasteiger partial charge >= 0.3 is 5.97 Å². The highest BCUT2D eigenvalue weighted by Gasteiger charge is 2.23. The van der Waals surface area contributed by atoms with Crippen LogP contribution in [0.25, 0.3) is 0 Å². The summed E-state index contributed by atoms with van der Waals surface area (Å²) >= 11 is 11.7. The summed E-state index contributed by atoms with van der Waals surface area (Å²) in [6.07, 6.45) is 4.52. The van der Waals surface area contributed by atoms with Crippen molar-refractivity contribution in [2.75, 3.05) is 6.61 Å². The van der Waals surface area contributed by atoms with Gasteiger partial charge in [-0.3, -0.25) is 9.59 Å². The number of halogens is 2. The number of hydrogen-bond acceptors (Lipinski definition) is 3. The normalized spacial score (nSPS) is 20.8. The molecule has 1 aromatic carbocycles. The van der Waals surface area contributed by atoms with E-state index in [9.17, 15) is 9.59 Å². The van der Waals surface area contributed by atoms with Crippen LogP contribution >= 0.6 is 23.2 Å². The van der Waals surface area contributed by atoms with Crippen LogP contribution < -0.4 is 5.32 Å². The largest absolute Gasteiger partial charge is 0.455 e. The molecular formula is C17H21Cl2NO3. The Morgan fingerprint density at radius 3 is 2.65 bits per heavy atom. The second-order valence-corrected chi connectivity index (χ2v) is 6.84. The van der Waals surface area contributed by atoms with Crippen LogP contribution in [0.3, 0.4) is 0 Å². The maximum absolute atomic E-state index is 11.9. The third-order valence-electron chi connectivity index (χ3n) is 4.15. The minimum Gasteiger partial charge on any atom is -0.455 e. The fourth-order valence-corrected chi connectivity index (χ4v) is 3.11. The smallest absolute Gasteiger partial charge is 0.310 e. The average molecular weight is 358 g/mol. The van der Waals surface area contributed by atoms with Gasteiger partial charge in [0.05, 0.1) is 16.5 Å². The van der Waals surface area contributed by atoms with Gasteiger partial charge in [0.1, 0.15) is 0 Å². The second-order valence-electron chi connectivity index (χ2n) is 6.02. The van der Waals surface area contributed by atoms with Crippen molar-refractivity contribution in [3.05, 3.63) is 33.8 Å². The van der Waals surface area contributed by atoms with Gasteiger partial charge in [-0.1, -0.05) is 49.0 Å². The first-order valence-corrected chi connectivity index (χ1v) is 8.60. The molecule has 1 saturated carbocycles. The van der Waals surface area contributed by atoms with Gasteiger partial charge in [0.25, 0.3) is 5.91 Å². The summed E-state index contributed by atoms with van der Waals surface area (Å²) in [6.45, 7) is 1.89. The number of amides is 1. The molecule has 0 spiro atoms. The lowest BCUT2D eigenvalue weighted by Gasteiger charge is -2.29. The monoisotopic (exact) mass is 357 g/mol. The van der Waals surface area contributed by atoms with Crippen LogP contribution in [-0.4, -0.2) is 24.5 Å². The van der Waals surface area contributed by atoms with Crippen LogP contribution in [0.5, 0.6) is 0 Å². The molecule has 1 amide bonds. The van der Waals surface area contributed by atoms with Crippen molar-refractivity contribution >= 4 is 35.1 Å². The summed E-state index contributed by atoms with van der Waals surface area (Å²) in [5.41, 5.74) is 0.700. The number of ether oxygens (including phenoxy) is 1. The highest BCUT2D eigenvalue weighted by Crippen LogP contribution is 2.24. The van der Waals surface area contributed by atoms with E-state index < -0.39 is 5.97 Å². The highest BCUT2D eigenvalue weighted by molar-refractivity contribution is 6.42. The Balaban J connectivity index is 1.75. The molecule has 23 heavy (non-hydrogen) atoms. The number of nitrogens with one attached hydrogen (secondary N) is 1. The van der Waals surface area contributed by atoms with Crippen molar-refractivity contribution in [3.8, 4) is 0 Å². The van der Waals surface area contributed by atoms with Crippen LogP contribution in [0.4, 0.5) is 0 Å². The van der Waals surface area contributed by atoms with Crippen molar-refractivity contribution in [1.29, 1.82) is 0 Å². The third kappa shape index (κ3) is 5.70. The minimum absolute atomic E-state index is 0.0595. The van der Waals surface area contributed by atoms with E-state index in [-0.39, 0.29) is 25.0 Å². The first-order valence-electron chi connectivity index (χ1n) is 7.84. The Bertz CT molecular complexity index is 577. The molecule has 0 saturated heterocycles. The van der Waals surface area contributed by atoms with Gasteiger partial charge in [0, 0.05) is 6.04 Å². The summed E-state index contributed by atoms with van der Waals surface area (Å²) in [4.78, 5) is 23.7. The molecule has 2 atom stereocenters. The molecule has 0 bridgehead atoms. The van der Waals surface area contributed by atoms with Gasteiger partial charge in [-0.2, -0.15) is 0 Å². The molecule has 6 heteroatoms. The molecule has 0 aliphatic heterocycles. The van der Waals surface area contributed by atoms with Gasteiger partial charge in [0.15, 0.2) is 6.61 Å². The quantitative estimate of drug-likeness (QED) is 0.815. The molecule has 0 radical (unpaired) electrons. The summed E-state index contributed by atoms with van der Waals surface area (Å²) in [5, 5.41) is 3.77. The van der Waals surface area contributed by atoms with Crippen LogP contribution in [0.1, 0.15) is 38.2 Å². The van der Waals surface area contributed by atoms with E-state index >= 15 is 0 Å². The number of rotatable bonds is 5. The van der Waals surface area contributed by atoms with E-state index in [4.69, 9.17) is 27.9 Å². The predicted molar refractivity (Wildman–Crippen MR) is 90.7 cm³/mol. The lowest BCUT2D eigenvalue weighted by molar-refractivity contribution is -0.148. The average Bonchev–Trinajstić information content (AvgIpc) is 2.51. The van der Waals surface area contributed by atoms with Gasteiger partial charge in [-0.05, 0) is 36.5 Å². The van der Waals surface area contributed by atoms with Gasteiger partial charge in [0.2, 0.25) is 0 Å². The molecule has 1 N–H and O–H groups in total. The Labute approximate surface area is 146 Å². The number of carbonyl (C=O) groups excluding carboxylic acids is 2.